The highest BCUT2D eigenvalue weighted by molar-refractivity contribution is 7.13. The molecule has 0 spiro atoms. The Labute approximate surface area is 204 Å². The number of nitrogens with zero attached hydrogens (tertiary/aromatic N) is 2. The van der Waals surface area contributed by atoms with Crippen molar-refractivity contribution >= 4 is 53.0 Å². The minimum atomic E-state index is -0.519. The third-order valence-corrected chi connectivity index (χ3v) is 6.10. The number of pyridine rings is 1. The Morgan fingerprint density at radius 3 is 2.31 bits per heavy atom. The van der Waals surface area contributed by atoms with Crippen LogP contribution in [-0.4, -0.2) is 15.9 Å². The zero-order valence-electron chi connectivity index (χ0n) is 17.9. The Balaban J connectivity index is 0.00000181. The molecule has 2 aromatic heterocycles. The van der Waals surface area contributed by atoms with Gasteiger partial charge < -0.3 is 11.5 Å². The molecule has 1 amide bonds. The van der Waals surface area contributed by atoms with Gasteiger partial charge in [-0.1, -0.05) is 43.2 Å². The van der Waals surface area contributed by atoms with Gasteiger partial charge in [-0.3, -0.25) is 9.78 Å². The Kier molecular flexibility index (Phi) is 8.75. The number of halogens is 2. The van der Waals surface area contributed by atoms with Gasteiger partial charge in [0.1, 0.15) is 10.7 Å². The lowest BCUT2D eigenvalue weighted by Crippen LogP contribution is -2.10. The molecular formula is C24H26Cl2N4OS. The number of amides is 1. The van der Waals surface area contributed by atoms with Crippen LogP contribution in [0, 0.1) is 6.92 Å². The Hall–Kier alpha value is -2.51. The van der Waals surface area contributed by atoms with Crippen LogP contribution >= 0.6 is 36.2 Å². The van der Waals surface area contributed by atoms with Crippen LogP contribution in [0.1, 0.15) is 40.7 Å². The predicted octanol–water partition coefficient (Wildman–Crippen LogP) is 5.69. The second-order valence-corrected chi connectivity index (χ2v) is 8.22. The first-order valence-electron chi connectivity index (χ1n) is 10.00. The maximum Gasteiger partial charge on any atom is 0.268 e. The number of carbonyl (C=O) groups excluding carboxylic acids is 1. The molecule has 0 unspecified atom stereocenters. The summed E-state index contributed by atoms with van der Waals surface area (Å²) < 4.78 is 0. The number of rotatable bonds is 6. The normalized spacial score (nSPS) is 10.5. The highest BCUT2D eigenvalue weighted by Gasteiger charge is 2.17. The molecule has 32 heavy (non-hydrogen) atoms. The van der Waals surface area contributed by atoms with Crippen molar-refractivity contribution in [2.24, 2.45) is 11.5 Å². The molecule has 0 saturated carbocycles. The number of carbonyl (C=O) groups is 1. The maximum absolute atomic E-state index is 11.4. The molecule has 0 aliphatic rings. The van der Waals surface area contributed by atoms with E-state index < -0.39 is 5.91 Å². The van der Waals surface area contributed by atoms with Gasteiger partial charge in [-0.2, -0.15) is 0 Å². The number of aryl methyl sites for hydroxylation is 2. The first-order chi connectivity index (χ1) is 14.5. The lowest BCUT2D eigenvalue weighted by molar-refractivity contribution is 0.0996. The van der Waals surface area contributed by atoms with E-state index in [2.05, 4.69) is 49.2 Å². The van der Waals surface area contributed by atoms with Gasteiger partial charge in [0.15, 0.2) is 0 Å². The van der Waals surface area contributed by atoms with E-state index in [9.17, 15) is 4.79 Å². The number of benzene rings is 2. The van der Waals surface area contributed by atoms with Crippen molar-refractivity contribution in [2.75, 3.05) is 0 Å². The fourth-order valence-corrected chi connectivity index (χ4v) is 4.53. The molecule has 4 rings (SSSR count). The molecule has 4 N–H and O–H groups in total. The molecule has 168 valence electrons. The number of hydrogen-bond acceptors (Lipinski definition) is 5. The van der Waals surface area contributed by atoms with Crippen LogP contribution in [-0.2, 0) is 13.0 Å². The number of thiazole rings is 1. The topological polar surface area (TPSA) is 94.9 Å². The van der Waals surface area contributed by atoms with Crippen LogP contribution in [0.2, 0.25) is 0 Å². The van der Waals surface area contributed by atoms with Crippen LogP contribution in [0.15, 0.2) is 47.8 Å². The monoisotopic (exact) mass is 488 g/mol. The van der Waals surface area contributed by atoms with Crippen LogP contribution in [0.25, 0.3) is 32.6 Å². The van der Waals surface area contributed by atoms with E-state index in [0.29, 0.717) is 6.54 Å². The van der Waals surface area contributed by atoms with Gasteiger partial charge in [0.25, 0.3) is 5.91 Å². The van der Waals surface area contributed by atoms with Crippen LogP contribution in [0.4, 0.5) is 0 Å². The van der Waals surface area contributed by atoms with E-state index in [0.717, 1.165) is 56.7 Å². The van der Waals surface area contributed by atoms with E-state index in [1.54, 1.807) is 5.38 Å². The Morgan fingerprint density at radius 2 is 1.72 bits per heavy atom. The van der Waals surface area contributed by atoms with Crippen molar-refractivity contribution < 1.29 is 4.79 Å². The summed E-state index contributed by atoms with van der Waals surface area (Å²) in [6, 6.07) is 14.6. The molecule has 0 atom stereocenters. The van der Waals surface area contributed by atoms with Gasteiger partial charge in [0.05, 0.1) is 5.52 Å². The van der Waals surface area contributed by atoms with Gasteiger partial charge in [-0.05, 0) is 48.2 Å². The van der Waals surface area contributed by atoms with Crippen LogP contribution < -0.4 is 11.5 Å². The van der Waals surface area contributed by atoms with E-state index in [4.69, 9.17) is 16.5 Å². The zero-order chi connectivity index (χ0) is 21.3. The minimum absolute atomic E-state index is 0. The van der Waals surface area contributed by atoms with Crippen molar-refractivity contribution in [3.8, 4) is 21.7 Å². The van der Waals surface area contributed by atoms with Crippen molar-refractivity contribution in [3.63, 3.8) is 0 Å². The molecule has 0 aliphatic carbocycles. The second kappa shape index (κ2) is 10.9. The summed E-state index contributed by atoms with van der Waals surface area (Å²) >= 11 is 1.41. The average molecular weight is 489 g/mol. The first-order valence-corrected chi connectivity index (χ1v) is 10.9. The van der Waals surface area contributed by atoms with Crippen molar-refractivity contribution in [1.29, 1.82) is 0 Å². The van der Waals surface area contributed by atoms with Gasteiger partial charge in [0.2, 0.25) is 0 Å². The summed E-state index contributed by atoms with van der Waals surface area (Å²) in [4.78, 5) is 20.8. The molecule has 0 fully saturated rings. The molecule has 5 nitrogen and oxygen atoms in total. The molecule has 0 bridgehead atoms. The van der Waals surface area contributed by atoms with E-state index >= 15 is 0 Å². The van der Waals surface area contributed by atoms with Crippen molar-refractivity contribution in [2.45, 2.75) is 33.2 Å². The summed E-state index contributed by atoms with van der Waals surface area (Å²) in [5, 5.41) is 3.48. The smallest absolute Gasteiger partial charge is 0.268 e. The third kappa shape index (κ3) is 4.94. The second-order valence-electron chi connectivity index (χ2n) is 7.37. The van der Waals surface area contributed by atoms with E-state index in [1.165, 1.54) is 16.9 Å². The van der Waals surface area contributed by atoms with Crippen molar-refractivity contribution in [3.05, 3.63) is 70.4 Å². The Bertz CT molecular complexity index is 1240. The molecule has 4 aromatic rings. The summed E-state index contributed by atoms with van der Waals surface area (Å²) in [7, 11) is 0. The molecular weight excluding hydrogens is 463 g/mol. The number of fused-ring (bicyclic) bond motifs is 1. The van der Waals surface area contributed by atoms with E-state index in [-0.39, 0.29) is 30.5 Å². The highest BCUT2D eigenvalue weighted by Crippen LogP contribution is 2.36. The standard InChI is InChI=1S/C24H24N4OS.2ClH/c1-3-4-19-18(12-25)22(15-7-5-14(2)6-8-15)17-11-16(9-10-20(17)27-19)24-28-21(13-30-24)23(26)29;;/h5-11,13H,3-4,12,25H2,1-2H3,(H2,26,29);2*1H. The molecule has 2 aromatic carbocycles. The van der Waals surface area contributed by atoms with E-state index in [1.807, 2.05) is 12.1 Å². The zero-order valence-corrected chi connectivity index (χ0v) is 20.4. The summed E-state index contributed by atoms with van der Waals surface area (Å²) in [5.41, 5.74) is 19.3. The quantitative estimate of drug-likeness (QED) is 0.364. The van der Waals surface area contributed by atoms with Gasteiger partial charge >= 0.3 is 0 Å². The molecule has 0 radical (unpaired) electrons. The molecule has 0 saturated heterocycles. The van der Waals surface area contributed by atoms with Crippen LogP contribution in [0.5, 0.6) is 0 Å². The Morgan fingerprint density at radius 1 is 1.03 bits per heavy atom. The molecule has 2 heterocycles. The summed E-state index contributed by atoms with van der Waals surface area (Å²) in [6.07, 6.45) is 1.89. The summed E-state index contributed by atoms with van der Waals surface area (Å²) in [5.74, 6) is -0.519. The third-order valence-electron chi connectivity index (χ3n) is 5.21. The first kappa shape index (κ1) is 25.7. The SMILES string of the molecule is CCCc1nc2ccc(-c3nc(C(N)=O)cs3)cc2c(-c2ccc(C)cc2)c1CN.Cl.Cl. The van der Waals surface area contributed by atoms with Gasteiger partial charge in [-0.25, -0.2) is 4.98 Å². The van der Waals surface area contributed by atoms with Gasteiger partial charge in [0, 0.05) is 28.6 Å². The number of hydrogen-bond donors (Lipinski definition) is 2. The minimum Gasteiger partial charge on any atom is -0.364 e. The van der Waals surface area contributed by atoms with Gasteiger partial charge in [-0.15, -0.1) is 36.2 Å². The lowest BCUT2D eigenvalue weighted by atomic mass is 9.92. The summed E-state index contributed by atoms with van der Waals surface area (Å²) in [6.45, 7) is 4.66. The fourth-order valence-electron chi connectivity index (χ4n) is 3.72. The molecule has 8 heteroatoms. The van der Waals surface area contributed by atoms with Crippen LogP contribution in [0.3, 0.4) is 0 Å². The number of aromatic nitrogens is 2. The predicted molar refractivity (Wildman–Crippen MR) is 138 cm³/mol. The fraction of sp³-hybridized carbons (Fsp3) is 0.208. The number of nitrogens with two attached hydrogens (primary N) is 2. The van der Waals surface area contributed by atoms with Crippen molar-refractivity contribution in [1.82, 2.24) is 9.97 Å². The lowest BCUT2D eigenvalue weighted by Gasteiger charge is -2.17. The number of primary amides is 1. The highest BCUT2D eigenvalue weighted by atomic mass is 35.5. The average Bonchev–Trinajstić information content (AvgIpc) is 3.24. The molecule has 0 aliphatic heterocycles. The maximum atomic E-state index is 11.4. The largest absolute Gasteiger partial charge is 0.364 e.